The molecule has 1 saturated heterocycles. The van der Waals surface area contributed by atoms with Crippen molar-refractivity contribution < 1.29 is 18.7 Å². The molecule has 96 valence electrons. The highest BCUT2D eigenvalue weighted by Crippen LogP contribution is 2.28. The fourth-order valence-corrected chi connectivity index (χ4v) is 1.55. The van der Waals surface area contributed by atoms with E-state index in [4.69, 9.17) is 5.11 Å². The van der Waals surface area contributed by atoms with Gasteiger partial charge in [0.2, 0.25) is 0 Å². The largest absolute Gasteiger partial charge is 0.465 e. The van der Waals surface area contributed by atoms with Gasteiger partial charge in [0, 0.05) is 19.5 Å². The zero-order chi connectivity index (χ0) is 12.8. The Morgan fingerprint density at radius 3 is 2.56 bits per heavy atom. The lowest BCUT2D eigenvalue weighted by Gasteiger charge is -2.37. The van der Waals surface area contributed by atoms with Gasteiger partial charge >= 0.3 is 6.09 Å². The van der Waals surface area contributed by atoms with Crippen LogP contribution >= 0.6 is 0 Å². The number of likely N-dealkylation sites (N-methyl/N-ethyl adjacent to an activating group) is 1. The van der Waals surface area contributed by atoms with Gasteiger partial charge < -0.3 is 15.3 Å². The van der Waals surface area contributed by atoms with E-state index in [0.29, 0.717) is 13.1 Å². The van der Waals surface area contributed by atoms with Crippen molar-refractivity contribution in [1.82, 2.24) is 10.2 Å². The summed E-state index contributed by atoms with van der Waals surface area (Å²) in [5, 5.41) is 10.3. The van der Waals surface area contributed by atoms with Gasteiger partial charge in [-0.1, -0.05) is 20.8 Å². The molecule has 0 aromatic heterocycles. The van der Waals surface area contributed by atoms with Crippen LogP contribution in [-0.2, 0) is 0 Å². The number of carboxylic acid groups (broad SMARTS) is 1. The van der Waals surface area contributed by atoms with Crippen LogP contribution in [0.4, 0.5) is 13.6 Å². The maximum absolute atomic E-state index is 13.2. The molecule has 1 atom stereocenters. The number of alkyl halides is 2. The number of hydrogen-bond donors (Lipinski definition) is 2. The number of carbonyl (C=O) groups is 1. The molecule has 4 nitrogen and oxygen atoms in total. The Balaban J connectivity index is 0.00000106. The number of nitrogens with one attached hydrogen (secondary N) is 1. The second kappa shape index (κ2) is 6.62. The summed E-state index contributed by atoms with van der Waals surface area (Å²) in [7, 11) is 0. The third-order valence-corrected chi connectivity index (χ3v) is 2.46. The van der Waals surface area contributed by atoms with E-state index in [1.54, 1.807) is 4.90 Å². The summed E-state index contributed by atoms with van der Waals surface area (Å²) in [6, 6.07) is -1.28. The van der Waals surface area contributed by atoms with Crippen LogP contribution in [0.1, 0.15) is 27.2 Å². The molecule has 6 heteroatoms. The molecule has 1 unspecified atom stereocenters. The van der Waals surface area contributed by atoms with E-state index in [1.807, 2.05) is 26.1 Å². The number of amides is 1. The first-order valence-corrected chi connectivity index (χ1v) is 5.55. The number of rotatable bonds is 2. The summed E-state index contributed by atoms with van der Waals surface area (Å²) in [5.41, 5.74) is 0. The Kier molecular flexibility index (Phi) is 6.25. The molecule has 1 rings (SSSR count). The summed E-state index contributed by atoms with van der Waals surface area (Å²) in [6.45, 7) is 6.92. The lowest BCUT2D eigenvalue weighted by molar-refractivity contribution is -0.0807. The molecule has 1 aliphatic heterocycles. The monoisotopic (exact) mass is 238 g/mol. The molecule has 16 heavy (non-hydrogen) atoms. The van der Waals surface area contributed by atoms with Crippen LogP contribution in [0.3, 0.4) is 0 Å². The second-order valence-electron chi connectivity index (χ2n) is 3.41. The molecular formula is C10H20F2N2O2. The Morgan fingerprint density at radius 1 is 1.56 bits per heavy atom. The molecule has 1 aliphatic rings. The molecular weight excluding hydrogens is 218 g/mol. The van der Waals surface area contributed by atoms with E-state index in [-0.39, 0.29) is 13.0 Å². The SMILES string of the molecule is CC.CCN1CCC(F)(F)C(NC(=O)O)C1. The van der Waals surface area contributed by atoms with Crippen molar-refractivity contribution in [3.05, 3.63) is 0 Å². The molecule has 1 amide bonds. The average molecular weight is 238 g/mol. The predicted octanol–water partition coefficient (Wildman–Crippen LogP) is 2.01. The normalized spacial score (nSPS) is 24.2. The van der Waals surface area contributed by atoms with Crippen LogP contribution in [0, 0.1) is 0 Å². The molecule has 0 radical (unpaired) electrons. The van der Waals surface area contributed by atoms with Crippen LogP contribution in [0.25, 0.3) is 0 Å². The van der Waals surface area contributed by atoms with Crippen molar-refractivity contribution in [1.29, 1.82) is 0 Å². The number of halogens is 2. The first kappa shape index (κ1) is 15.1. The molecule has 0 saturated carbocycles. The zero-order valence-corrected chi connectivity index (χ0v) is 9.96. The topological polar surface area (TPSA) is 52.6 Å². The van der Waals surface area contributed by atoms with Crippen LogP contribution in [-0.4, -0.2) is 47.7 Å². The molecule has 0 bridgehead atoms. The van der Waals surface area contributed by atoms with E-state index in [2.05, 4.69) is 0 Å². The van der Waals surface area contributed by atoms with Crippen molar-refractivity contribution in [3.63, 3.8) is 0 Å². The molecule has 1 heterocycles. The van der Waals surface area contributed by atoms with Crippen LogP contribution in [0.5, 0.6) is 0 Å². The first-order valence-electron chi connectivity index (χ1n) is 5.55. The Hall–Kier alpha value is -0.910. The van der Waals surface area contributed by atoms with E-state index < -0.39 is 18.1 Å². The van der Waals surface area contributed by atoms with Gasteiger partial charge in [0.25, 0.3) is 5.92 Å². The van der Waals surface area contributed by atoms with Crippen molar-refractivity contribution in [2.45, 2.75) is 39.2 Å². The quantitative estimate of drug-likeness (QED) is 0.773. The van der Waals surface area contributed by atoms with Gasteiger partial charge in [-0.2, -0.15) is 0 Å². The lowest BCUT2D eigenvalue weighted by atomic mass is 10.0. The van der Waals surface area contributed by atoms with E-state index in [9.17, 15) is 13.6 Å². The zero-order valence-electron chi connectivity index (χ0n) is 9.96. The Bertz CT molecular complexity index is 225. The summed E-state index contributed by atoms with van der Waals surface area (Å²) in [6.07, 6.45) is -1.68. The highest BCUT2D eigenvalue weighted by Gasteiger charge is 2.44. The van der Waals surface area contributed by atoms with Gasteiger partial charge in [0.1, 0.15) is 6.04 Å². The van der Waals surface area contributed by atoms with Crippen molar-refractivity contribution in [2.75, 3.05) is 19.6 Å². The van der Waals surface area contributed by atoms with E-state index in [0.717, 1.165) is 0 Å². The van der Waals surface area contributed by atoms with Crippen LogP contribution in [0.15, 0.2) is 0 Å². The molecule has 2 N–H and O–H groups in total. The van der Waals surface area contributed by atoms with Crippen molar-refractivity contribution >= 4 is 6.09 Å². The van der Waals surface area contributed by atoms with Gasteiger partial charge in [0.15, 0.2) is 0 Å². The number of nitrogens with zero attached hydrogens (tertiary/aromatic N) is 1. The molecule has 0 aromatic carbocycles. The predicted molar refractivity (Wildman–Crippen MR) is 58.0 cm³/mol. The smallest absolute Gasteiger partial charge is 0.405 e. The molecule has 1 fully saturated rings. The fourth-order valence-electron chi connectivity index (χ4n) is 1.55. The first-order chi connectivity index (χ1) is 7.45. The molecule has 0 spiro atoms. The van der Waals surface area contributed by atoms with Gasteiger partial charge in [-0.15, -0.1) is 0 Å². The van der Waals surface area contributed by atoms with E-state index in [1.165, 1.54) is 0 Å². The summed E-state index contributed by atoms with van der Waals surface area (Å²) in [5.74, 6) is -2.93. The minimum absolute atomic E-state index is 0.0792. The highest BCUT2D eigenvalue weighted by atomic mass is 19.3. The summed E-state index contributed by atoms with van der Waals surface area (Å²) in [4.78, 5) is 12.1. The summed E-state index contributed by atoms with van der Waals surface area (Å²) < 4.78 is 26.4. The van der Waals surface area contributed by atoms with Crippen molar-refractivity contribution in [2.24, 2.45) is 0 Å². The number of hydrogen-bond acceptors (Lipinski definition) is 2. The lowest BCUT2D eigenvalue weighted by Crippen LogP contribution is -2.58. The van der Waals surface area contributed by atoms with Gasteiger partial charge in [-0.3, -0.25) is 0 Å². The van der Waals surface area contributed by atoms with Crippen LogP contribution in [0.2, 0.25) is 0 Å². The fraction of sp³-hybridized carbons (Fsp3) is 0.900. The molecule has 0 aliphatic carbocycles. The van der Waals surface area contributed by atoms with Crippen molar-refractivity contribution in [3.8, 4) is 0 Å². The highest BCUT2D eigenvalue weighted by molar-refractivity contribution is 5.65. The maximum atomic E-state index is 13.2. The molecule has 0 aromatic rings. The van der Waals surface area contributed by atoms with Gasteiger partial charge in [-0.25, -0.2) is 13.6 Å². The third kappa shape index (κ3) is 4.30. The van der Waals surface area contributed by atoms with Crippen LogP contribution < -0.4 is 5.32 Å². The standard InChI is InChI=1S/C8H14F2N2O2.C2H6/c1-2-12-4-3-8(9,10)6(5-12)11-7(13)14;1-2/h6,11H,2-5H2,1H3,(H,13,14);1-2H3. The summed E-state index contributed by atoms with van der Waals surface area (Å²) >= 11 is 0. The average Bonchev–Trinajstić information content (AvgIpc) is 2.23. The number of piperidine rings is 1. The number of likely N-dealkylation sites (tertiary alicyclic amines) is 1. The Labute approximate surface area is 94.6 Å². The van der Waals surface area contributed by atoms with Gasteiger partial charge in [-0.05, 0) is 6.54 Å². The second-order valence-corrected chi connectivity index (χ2v) is 3.41. The van der Waals surface area contributed by atoms with E-state index >= 15 is 0 Å². The third-order valence-electron chi connectivity index (χ3n) is 2.46. The Morgan fingerprint density at radius 2 is 2.12 bits per heavy atom. The maximum Gasteiger partial charge on any atom is 0.405 e. The minimum Gasteiger partial charge on any atom is -0.465 e. The van der Waals surface area contributed by atoms with Gasteiger partial charge in [0.05, 0.1) is 0 Å². The minimum atomic E-state index is -2.93.